The van der Waals surface area contributed by atoms with Gasteiger partial charge >= 0.3 is 0 Å². The summed E-state index contributed by atoms with van der Waals surface area (Å²) >= 11 is 0. The van der Waals surface area contributed by atoms with Crippen LogP contribution in [0, 0.1) is 0 Å². The molecule has 0 unspecified atom stereocenters. The summed E-state index contributed by atoms with van der Waals surface area (Å²) in [5, 5.41) is 0.928. The summed E-state index contributed by atoms with van der Waals surface area (Å²) in [6.07, 6.45) is 1.51. The standard InChI is InChI=1S/C11H14N4/c1-15(2)6-8-4-3-5-9-10(8)13-7-14-11(9)12/h3-5,7H,6H2,1-2H3,(H2,12,13,14). The minimum Gasteiger partial charge on any atom is -0.383 e. The minimum absolute atomic E-state index is 0.542. The Morgan fingerprint density at radius 2 is 2.07 bits per heavy atom. The molecule has 2 aromatic rings. The lowest BCUT2D eigenvalue weighted by Crippen LogP contribution is -2.11. The molecule has 15 heavy (non-hydrogen) atoms. The molecule has 2 rings (SSSR count). The molecule has 0 saturated heterocycles. The number of aromatic nitrogens is 2. The molecule has 4 heteroatoms. The second kappa shape index (κ2) is 3.82. The topological polar surface area (TPSA) is 55.0 Å². The lowest BCUT2D eigenvalue weighted by atomic mass is 10.1. The fraction of sp³-hybridized carbons (Fsp3) is 0.273. The van der Waals surface area contributed by atoms with E-state index >= 15 is 0 Å². The van der Waals surface area contributed by atoms with Crippen LogP contribution in [0.1, 0.15) is 5.56 Å². The lowest BCUT2D eigenvalue weighted by molar-refractivity contribution is 0.404. The van der Waals surface area contributed by atoms with Gasteiger partial charge in [-0.15, -0.1) is 0 Å². The van der Waals surface area contributed by atoms with Gasteiger partial charge in [0.15, 0.2) is 0 Å². The summed E-state index contributed by atoms with van der Waals surface area (Å²) in [6, 6.07) is 6.00. The number of nitrogens with two attached hydrogens (primary N) is 1. The monoisotopic (exact) mass is 202 g/mol. The highest BCUT2D eigenvalue weighted by Gasteiger charge is 2.05. The van der Waals surface area contributed by atoms with Crippen molar-refractivity contribution in [2.75, 3.05) is 19.8 Å². The van der Waals surface area contributed by atoms with E-state index < -0.39 is 0 Å². The molecule has 78 valence electrons. The number of nitrogen functional groups attached to an aromatic ring is 1. The SMILES string of the molecule is CN(C)Cc1cccc2c(N)ncnc12. The summed E-state index contributed by atoms with van der Waals surface area (Å²) in [7, 11) is 4.06. The van der Waals surface area contributed by atoms with Crippen LogP contribution in [0.25, 0.3) is 10.9 Å². The number of hydrogen-bond donors (Lipinski definition) is 1. The van der Waals surface area contributed by atoms with E-state index in [9.17, 15) is 0 Å². The first-order valence-electron chi connectivity index (χ1n) is 4.81. The smallest absolute Gasteiger partial charge is 0.134 e. The zero-order valence-corrected chi connectivity index (χ0v) is 8.94. The number of benzene rings is 1. The van der Waals surface area contributed by atoms with Crippen molar-refractivity contribution in [3.63, 3.8) is 0 Å². The van der Waals surface area contributed by atoms with Gasteiger partial charge in [0.1, 0.15) is 12.1 Å². The van der Waals surface area contributed by atoms with Gasteiger partial charge in [0.05, 0.1) is 5.52 Å². The molecule has 1 aromatic carbocycles. The molecule has 0 aliphatic rings. The lowest BCUT2D eigenvalue weighted by Gasteiger charge is -2.11. The van der Waals surface area contributed by atoms with E-state index in [4.69, 9.17) is 5.73 Å². The van der Waals surface area contributed by atoms with Crippen molar-refractivity contribution in [1.29, 1.82) is 0 Å². The molecule has 0 atom stereocenters. The van der Waals surface area contributed by atoms with Crippen molar-refractivity contribution in [3.8, 4) is 0 Å². The van der Waals surface area contributed by atoms with Crippen molar-refractivity contribution >= 4 is 16.7 Å². The van der Waals surface area contributed by atoms with Gasteiger partial charge in [-0.1, -0.05) is 12.1 Å². The quantitative estimate of drug-likeness (QED) is 0.797. The van der Waals surface area contributed by atoms with Crippen molar-refractivity contribution < 1.29 is 0 Å². The number of nitrogens with zero attached hydrogens (tertiary/aromatic N) is 3. The molecular weight excluding hydrogens is 188 g/mol. The van der Waals surface area contributed by atoms with Gasteiger partial charge in [-0.25, -0.2) is 9.97 Å². The zero-order chi connectivity index (χ0) is 10.8. The number of fused-ring (bicyclic) bond motifs is 1. The molecule has 0 amide bonds. The Labute approximate surface area is 88.7 Å². The van der Waals surface area contributed by atoms with Crippen LogP contribution < -0.4 is 5.73 Å². The van der Waals surface area contributed by atoms with Crippen LogP contribution in [-0.2, 0) is 6.54 Å². The molecule has 2 N–H and O–H groups in total. The highest BCUT2D eigenvalue weighted by atomic mass is 15.1. The van der Waals surface area contributed by atoms with E-state index in [2.05, 4.69) is 20.9 Å². The Bertz CT molecular complexity index is 479. The van der Waals surface area contributed by atoms with E-state index in [-0.39, 0.29) is 0 Å². The Kier molecular flexibility index (Phi) is 2.51. The van der Waals surface area contributed by atoms with Gasteiger partial charge in [0, 0.05) is 11.9 Å². The van der Waals surface area contributed by atoms with Gasteiger partial charge in [-0.05, 0) is 25.7 Å². The first-order chi connectivity index (χ1) is 7.18. The van der Waals surface area contributed by atoms with Crippen LogP contribution in [-0.4, -0.2) is 29.0 Å². The largest absolute Gasteiger partial charge is 0.383 e. The maximum atomic E-state index is 5.79. The highest BCUT2D eigenvalue weighted by Crippen LogP contribution is 2.20. The second-order valence-electron chi connectivity index (χ2n) is 3.81. The van der Waals surface area contributed by atoms with Gasteiger partial charge < -0.3 is 10.6 Å². The number of para-hydroxylation sites is 1. The van der Waals surface area contributed by atoms with Crippen molar-refractivity contribution in [3.05, 3.63) is 30.1 Å². The highest BCUT2D eigenvalue weighted by molar-refractivity contribution is 5.89. The van der Waals surface area contributed by atoms with Crippen LogP contribution in [0.15, 0.2) is 24.5 Å². The molecule has 0 aliphatic heterocycles. The minimum atomic E-state index is 0.542. The Balaban J connectivity index is 2.61. The van der Waals surface area contributed by atoms with Gasteiger partial charge in [-0.2, -0.15) is 0 Å². The first kappa shape index (κ1) is 9.86. The third-order valence-corrected chi connectivity index (χ3v) is 2.27. The molecule has 1 aromatic heterocycles. The molecule has 0 fully saturated rings. The average molecular weight is 202 g/mol. The van der Waals surface area contributed by atoms with Crippen LogP contribution >= 0.6 is 0 Å². The molecule has 4 nitrogen and oxygen atoms in total. The second-order valence-corrected chi connectivity index (χ2v) is 3.81. The first-order valence-corrected chi connectivity index (χ1v) is 4.81. The molecule has 0 spiro atoms. The molecule has 0 radical (unpaired) electrons. The van der Waals surface area contributed by atoms with Crippen molar-refractivity contribution in [2.45, 2.75) is 6.54 Å². The average Bonchev–Trinajstić information content (AvgIpc) is 2.19. The van der Waals surface area contributed by atoms with Crippen LogP contribution in [0.2, 0.25) is 0 Å². The van der Waals surface area contributed by atoms with Crippen LogP contribution in [0.5, 0.6) is 0 Å². The number of hydrogen-bond acceptors (Lipinski definition) is 4. The maximum Gasteiger partial charge on any atom is 0.134 e. The zero-order valence-electron chi connectivity index (χ0n) is 8.94. The van der Waals surface area contributed by atoms with Crippen LogP contribution in [0.4, 0.5) is 5.82 Å². The summed E-state index contributed by atoms with van der Waals surface area (Å²) in [5.74, 6) is 0.542. The summed E-state index contributed by atoms with van der Waals surface area (Å²) in [4.78, 5) is 10.4. The van der Waals surface area contributed by atoms with E-state index in [0.29, 0.717) is 5.82 Å². The summed E-state index contributed by atoms with van der Waals surface area (Å²) in [6.45, 7) is 0.855. The number of anilines is 1. The van der Waals surface area contributed by atoms with E-state index in [1.54, 1.807) is 0 Å². The predicted molar refractivity (Wildman–Crippen MR) is 61.3 cm³/mol. The third-order valence-electron chi connectivity index (χ3n) is 2.27. The van der Waals surface area contributed by atoms with Crippen molar-refractivity contribution in [2.24, 2.45) is 0 Å². The van der Waals surface area contributed by atoms with E-state index in [0.717, 1.165) is 17.4 Å². The van der Waals surface area contributed by atoms with Crippen LogP contribution in [0.3, 0.4) is 0 Å². The predicted octanol–water partition coefficient (Wildman–Crippen LogP) is 1.27. The molecule has 0 aliphatic carbocycles. The summed E-state index contributed by atoms with van der Waals surface area (Å²) < 4.78 is 0. The molecular formula is C11H14N4. The number of rotatable bonds is 2. The van der Waals surface area contributed by atoms with Gasteiger partial charge in [0.25, 0.3) is 0 Å². The molecule has 0 bridgehead atoms. The Morgan fingerprint density at radius 3 is 2.80 bits per heavy atom. The summed E-state index contributed by atoms with van der Waals surface area (Å²) in [5.41, 5.74) is 7.91. The van der Waals surface area contributed by atoms with E-state index in [1.165, 1.54) is 11.9 Å². The maximum absolute atomic E-state index is 5.79. The fourth-order valence-electron chi connectivity index (χ4n) is 1.64. The Morgan fingerprint density at radius 1 is 1.27 bits per heavy atom. The third kappa shape index (κ3) is 1.89. The normalized spacial score (nSPS) is 11.1. The fourth-order valence-corrected chi connectivity index (χ4v) is 1.64. The van der Waals surface area contributed by atoms with Gasteiger partial charge in [0.2, 0.25) is 0 Å². The molecule has 0 saturated carbocycles. The Hall–Kier alpha value is -1.68. The van der Waals surface area contributed by atoms with E-state index in [1.807, 2.05) is 26.2 Å². The molecule has 1 heterocycles. The van der Waals surface area contributed by atoms with Gasteiger partial charge in [-0.3, -0.25) is 0 Å². The van der Waals surface area contributed by atoms with Crippen molar-refractivity contribution in [1.82, 2.24) is 14.9 Å².